The van der Waals surface area contributed by atoms with Crippen molar-refractivity contribution in [2.24, 2.45) is 11.3 Å². The second-order valence-electron chi connectivity index (χ2n) is 6.45. The zero-order valence-electron chi connectivity index (χ0n) is 10.6. The van der Waals surface area contributed by atoms with E-state index in [4.69, 9.17) is 0 Å². The molecular formula is C13H27N. The van der Waals surface area contributed by atoms with Crippen molar-refractivity contribution in [3.8, 4) is 0 Å². The molecule has 0 unspecified atom stereocenters. The van der Waals surface area contributed by atoms with Gasteiger partial charge >= 0.3 is 0 Å². The van der Waals surface area contributed by atoms with E-state index in [1.807, 2.05) is 0 Å². The molecule has 1 atom stereocenters. The minimum Gasteiger partial charge on any atom is -0.300 e. The van der Waals surface area contributed by atoms with Crippen molar-refractivity contribution in [1.29, 1.82) is 0 Å². The van der Waals surface area contributed by atoms with Gasteiger partial charge in [-0.15, -0.1) is 0 Å². The molecule has 1 fully saturated rings. The second-order valence-corrected chi connectivity index (χ2v) is 6.45. The van der Waals surface area contributed by atoms with Crippen LogP contribution < -0.4 is 0 Å². The molecule has 0 aromatic carbocycles. The van der Waals surface area contributed by atoms with Crippen molar-refractivity contribution in [1.82, 2.24) is 4.90 Å². The first kappa shape index (κ1) is 12.0. The first-order valence-corrected chi connectivity index (χ1v) is 6.12. The number of rotatable bonds is 3. The maximum absolute atomic E-state index is 2.70. The molecular weight excluding hydrogens is 170 g/mol. The molecule has 0 aliphatic carbocycles. The van der Waals surface area contributed by atoms with Crippen molar-refractivity contribution in [3.63, 3.8) is 0 Å². The fourth-order valence-corrected chi connectivity index (χ4v) is 2.54. The lowest BCUT2D eigenvalue weighted by Gasteiger charge is -2.31. The Morgan fingerprint density at radius 2 is 1.93 bits per heavy atom. The molecule has 0 aromatic rings. The van der Waals surface area contributed by atoms with Gasteiger partial charge in [0.1, 0.15) is 0 Å². The number of nitrogens with zero attached hydrogens (tertiary/aromatic N) is 1. The van der Waals surface area contributed by atoms with Crippen LogP contribution >= 0.6 is 0 Å². The molecule has 1 heterocycles. The van der Waals surface area contributed by atoms with E-state index >= 15 is 0 Å². The zero-order valence-corrected chi connectivity index (χ0v) is 10.6. The van der Waals surface area contributed by atoms with E-state index < -0.39 is 0 Å². The smallest absolute Gasteiger partial charge is 0.0101 e. The maximum atomic E-state index is 2.70. The van der Waals surface area contributed by atoms with Crippen LogP contribution in [0.4, 0.5) is 0 Å². The Morgan fingerprint density at radius 1 is 1.29 bits per heavy atom. The van der Waals surface area contributed by atoms with Crippen molar-refractivity contribution in [2.75, 3.05) is 13.1 Å². The maximum Gasteiger partial charge on any atom is 0.0101 e. The van der Waals surface area contributed by atoms with Gasteiger partial charge in [0.2, 0.25) is 0 Å². The summed E-state index contributed by atoms with van der Waals surface area (Å²) in [7, 11) is 0. The van der Waals surface area contributed by atoms with Crippen molar-refractivity contribution < 1.29 is 0 Å². The van der Waals surface area contributed by atoms with Gasteiger partial charge in [-0.3, -0.25) is 0 Å². The van der Waals surface area contributed by atoms with Crippen LogP contribution in [0.1, 0.15) is 53.9 Å². The fraction of sp³-hybridized carbons (Fsp3) is 1.00. The molecule has 0 N–H and O–H groups in total. The van der Waals surface area contributed by atoms with E-state index in [-0.39, 0.29) is 0 Å². The molecule has 0 spiro atoms. The van der Waals surface area contributed by atoms with E-state index in [0.29, 0.717) is 5.41 Å². The van der Waals surface area contributed by atoms with Gasteiger partial charge in [0.05, 0.1) is 0 Å². The van der Waals surface area contributed by atoms with Crippen molar-refractivity contribution in [2.45, 2.75) is 59.9 Å². The zero-order chi connectivity index (χ0) is 10.8. The summed E-state index contributed by atoms with van der Waals surface area (Å²) in [6.07, 6.45) is 4.19. The predicted molar refractivity (Wildman–Crippen MR) is 63.5 cm³/mol. The van der Waals surface area contributed by atoms with E-state index in [2.05, 4.69) is 39.5 Å². The number of hydrogen-bond acceptors (Lipinski definition) is 1. The molecule has 0 saturated carbocycles. The molecule has 0 amide bonds. The largest absolute Gasteiger partial charge is 0.300 e. The fourth-order valence-electron chi connectivity index (χ4n) is 2.54. The van der Waals surface area contributed by atoms with Crippen LogP contribution in [0, 0.1) is 11.3 Å². The van der Waals surface area contributed by atoms with E-state index in [0.717, 1.165) is 12.0 Å². The summed E-state index contributed by atoms with van der Waals surface area (Å²) in [5.74, 6) is 0.815. The molecule has 1 rings (SSSR count). The van der Waals surface area contributed by atoms with Gasteiger partial charge < -0.3 is 4.90 Å². The molecule has 1 nitrogen and oxygen atoms in total. The van der Waals surface area contributed by atoms with E-state index in [1.165, 1.54) is 32.4 Å². The van der Waals surface area contributed by atoms with Crippen LogP contribution in [-0.4, -0.2) is 24.0 Å². The van der Waals surface area contributed by atoms with Gasteiger partial charge in [0, 0.05) is 12.6 Å². The highest BCUT2D eigenvalue weighted by Crippen LogP contribution is 2.30. The summed E-state index contributed by atoms with van der Waals surface area (Å²) >= 11 is 0. The third-order valence-corrected chi connectivity index (χ3v) is 2.95. The molecule has 0 aromatic heterocycles. The Balaban J connectivity index is 2.43. The number of likely N-dealkylation sites (tertiary alicyclic amines) is 1. The van der Waals surface area contributed by atoms with Crippen LogP contribution in [0.3, 0.4) is 0 Å². The molecule has 84 valence electrons. The monoisotopic (exact) mass is 197 g/mol. The standard InChI is InChI=1S/C13H27N/c1-11(2)10-14-8-6-7-12(14)9-13(3,4)5/h11-12H,6-10H2,1-5H3/t12-/m0/s1. The Hall–Kier alpha value is -0.0400. The molecule has 0 bridgehead atoms. The third kappa shape index (κ3) is 4.00. The lowest BCUT2D eigenvalue weighted by atomic mass is 9.87. The Labute approximate surface area is 89.9 Å². The van der Waals surface area contributed by atoms with Crippen LogP contribution in [-0.2, 0) is 0 Å². The van der Waals surface area contributed by atoms with Crippen LogP contribution in [0.5, 0.6) is 0 Å². The minimum absolute atomic E-state index is 0.490. The van der Waals surface area contributed by atoms with Gasteiger partial charge in [-0.25, -0.2) is 0 Å². The van der Waals surface area contributed by atoms with Crippen LogP contribution in [0.2, 0.25) is 0 Å². The Morgan fingerprint density at radius 3 is 2.43 bits per heavy atom. The molecule has 1 aliphatic heterocycles. The molecule has 14 heavy (non-hydrogen) atoms. The molecule has 1 aliphatic rings. The topological polar surface area (TPSA) is 3.24 Å². The summed E-state index contributed by atoms with van der Waals surface area (Å²) in [4.78, 5) is 2.70. The SMILES string of the molecule is CC(C)CN1CCC[C@H]1CC(C)(C)C. The Bertz CT molecular complexity index is 167. The Kier molecular flexibility index (Phi) is 4.00. The lowest BCUT2D eigenvalue weighted by molar-refractivity contribution is 0.176. The summed E-state index contributed by atoms with van der Waals surface area (Å²) in [6.45, 7) is 14.4. The summed E-state index contributed by atoms with van der Waals surface area (Å²) in [5.41, 5.74) is 0.490. The normalized spacial score (nSPS) is 24.9. The van der Waals surface area contributed by atoms with Gasteiger partial charge in [0.15, 0.2) is 0 Å². The highest BCUT2D eigenvalue weighted by atomic mass is 15.2. The van der Waals surface area contributed by atoms with Gasteiger partial charge in [-0.1, -0.05) is 34.6 Å². The average molecular weight is 197 g/mol. The first-order chi connectivity index (χ1) is 6.38. The quantitative estimate of drug-likeness (QED) is 0.669. The third-order valence-electron chi connectivity index (χ3n) is 2.95. The van der Waals surface area contributed by atoms with Crippen molar-refractivity contribution in [3.05, 3.63) is 0 Å². The minimum atomic E-state index is 0.490. The summed E-state index contributed by atoms with van der Waals surface area (Å²) in [5, 5.41) is 0. The summed E-state index contributed by atoms with van der Waals surface area (Å²) < 4.78 is 0. The highest BCUT2D eigenvalue weighted by molar-refractivity contribution is 4.83. The lowest BCUT2D eigenvalue weighted by Crippen LogP contribution is -2.35. The second kappa shape index (κ2) is 4.65. The van der Waals surface area contributed by atoms with Gasteiger partial charge in [0.25, 0.3) is 0 Å². The van der Waals surface area contributed by atoms with Gasteiger partial charge in [-0.05, 0) is 37.1 Å². The van der Waals surface area contributed by atoms with Crippen LogP contribution in [0.15, 0.2) is 0 Å². The molecule has 1 heteroatoms. The number of hydrogen-bond donors (Lipinski definition) is 0. The van der Waals surface area contributed by atoms with Gasteiger partial charge in [-0.2, -0.15) is 0 Å². The summed E-state index contributed by atoms with van der Waals surface area (Å²) in [6, 6.07) is 0.859. The highest BCUT2D eigenvalue weighted by Gasteiger charge is 2.28. The van der Waals surface area contributed by atoms with Crippen LogP contribution in [0.25, 0.3) is 0 Å². The first-order valence-electron chi connectivity index (χ1n) is 6.12. The van der Waals surface area contributed by atoms with Crippen molar-refractivity contribution >= 4 is 0 Å². The predicted octanol–water partition coefficient (Wildman–Crippen LogP) is 3.54. The van der Waals surface area contributed by atoms with E-state index in [1.54, 1.807) is 0 Å². The molecule has 0 radical (unpaired) electrons. The average Bonchev–Trinajstić information content (AvgIpc) is 2.32. The molecule has 1 saturated heterocycles. The van der Waals surface area contributed by atoms with E-state index in [9.17, 15) is 0 Å².